The molecule has 0 aliphatic carbocycles. The van der Waals surface area contributed by atoms with Crippen LogP contribution in [0.4, 0.5) is 0 Å². The zero-order valence-electron chi connectivity index (χ0n) is 17.9. The van der Waals surface area contributed by atoms with Crippen molar-refractivity contribution in [3.05, 3.63) is 72.0 Å². The van der Waals surface area contributed by atoms with E-state index in [1.807, 2.05) is 30.3 Å². The highest BCUT2D eigenvalue weighted by Crippen LogP contribution is 2.25. The van der Waals surface area contributed by atoms with E-state index in [9.17, 15) is 13.2 Å². The number of hydrogen-bond donors (Lipinski definition) is 0. The van der Waals surface area contributed by atoms with Gasteiger partial charge in [0.25, 0.3) is 15.9 Å². The van der Waals surface area contributed by atoms with Crippen LogP contribution in [0.5, 0.6) is 0 Å². The second kappa shape index (κ2) is 9.33. The van der Waals surface area contributed by atoms with E-state index in [1.54, 1.807) is 40.6 Å². The van der Waals surface area contributed by atoms with Crippen molar-refractivity contribution in [2.45, 2.75) is 4.21 Å². The molecule has 0 bridgehead atoms. The van der Waals surface area contributed by atoms with Gasteiger partial charge in [0.05, 0.1) is 6.26 Å². The minimum absolute atomic E-state index is 0.196. The number of amides is 1. The van der Waals surface area contributed by atoms with Gasteiger partial charge < -0.3 is 9.32 Å². The fraction of sp³-hybridized carbons (Fsp3) is 0.182. The molecule has 0 radical (unpaired) electrons. The number of aromatic nitrogens is 4. The second-order valence-electron chi connectivity index (χ2n) is 7.45. The molecule has 1 amide bonds. The molecule has 3 aromatic heterocycles. The standard InChI is InChI=1S/C22H20N6O4S2/c29-22(26-10-12-27(13-11-26)34(30,31)20-9-5-15-33-20)19(16-18-8-4-14-32-18)28-21(23-24-25-28)17-6-2-1-3-7-17/h1-9,14-16H,10-13H2/b19-16-. The van der Waals surface area contributed by atoms with Crippen LogP contribution in [0.25, 0.3) is 23.2 Å². The molecule has 10 nitrogen and oxygen atoms in total. The summed E-state index contributed by atoms with van der Waals surface area (Å²) < 4.78 is 34.2. The summed E-state index contributed by atoms with van der Waals surface area (Å²) in [5.74, 6) is 0.552. The molecule has 0 unspecified atom stereocenters. The minimum Gasteiger partial charge on any atom is -0.465 e. The van der Waals surface area contributed by atoms with Crippen molar-refractivity contribution in [3.63, 3.8) is 0 Å². The predicted octanol–water partition coefficient (Wildman–Crippen LogP) is 2.53. The van der Waals surface area contributed by atoms with Crippen molar-refractivity contribution in [2.24, 2.45) is 0 Å². The number of benzene rings is 1. The number of carbonyl (C=O) groups excluding carboxylic acids is 1. The monoisotopic (exact) mass is 496 g/mol. The summed E-state index contributed by atoms with van der Waals surface area (Å²) in [4.78, 5) is 15.2. The van der Waals surface area contributed by atoms with Crippen LogP contribution in [0.15, 0.2) is 74.9 Å². The molecule has 4 heterocycles. The van der Waals surface area contributed by atoms with Gasteiger partial charge in [-0.25, -0.2) is 8.42 Å². The topological polar surface area (TPSA) is 114 Å². The van der Waals surface area contributed by atoms with Crippen molar-refractivity contribution >= 4 is 39.0 Å². The molecule has 1 aromatic carbocycles. The number of tetrazole rings is 1. The molecule has 0 spiro atoms. The van der Waals surface area contributed by atoms with E-state index in [1.165, 1.54) is 26.6 Å². The molecule has 0 saturated carbocycles. The molecule has 1 aliphatic rings. The van der Waals surface area contributed by atoms with Crippen molar-refractivity contribution < 1.29 is 17.6 Å². The van der Waals surface area contributed by atoms with Gasteiger partial charge in [-0.15, -0.1) is 16.4 Å². The molecule has 4 aromatic rings. The highest BCUT2D eigenvalue weighted by atomic mass is 32.2. The maximum atomic E-state index is 13.6. The second-order valence-corrected chi connectivity index (χ2v) is 10.6. The van der Waals surface area contributed by atoms with E-state index in [-0.39, 0.29) is 37.8 Å². The first kappa shape index (κ1) is 22.2. The van der Waals surface area contributed by atoms with E-state index in [0.717, 1.165) is 5.56 Å². The summed E-state index contributed by atoms with van der Waals surface area (Å²) in [6, 6.07) is 16.1. The fourth-order valence-electron chi connectivity index (χ4n) is 3.67. The zero-order valence-corrected chi connectivity index (χ0v) is 19.5. The number of thiophene rings is 1. The van der Waals surface area contributed by atoms with Crippen molar-refractivity contribution in [1.82, 2.24) is 29.4 Å². The van der Waals surface area contributed by atoms with Gasteiger partial charge in [-0.1, -0.05) is 36.4 Å². The third-order valence-electron chi connectivity index (χ3n) is 5.39. The Balaban J connectivity index is 1.42. The van der Waals surface area contributed by atoms with Gasteiger partial charge in [0.1, 0.15) is 15.7 Å². The Bertz CT molecular complexity index is 1390. The Labute approximate surface area is 199 Å². The SMILES string of the molecule is O=C(/C(=C/c1ccco1)n1nnnc1-c1ccccc1)N1CCN(S(=O)(=O)c2cccs2)CC1. The van der Waals surface area contributed by atoms with Crippen molar-refractivity contribution in [1.29, 1.82) is 0 Å². The van der Waals surface area contributed by atoms with Gasteiger partial charge in [-0.2, -0.15) is 8.99 Å². The number of furan rings is 1. The number of nitrogens with zero attached hydrogens (tertiary/aromatic N) is 6. The van der Waals surface area contributed by atoms with Gasteiger partial charge in [-0.05, 0) is 34.0 Å². The van der Waals surface area contributed by atoms with Crippen LogP contribution >= 0.6 is 11.3 Å². The normalized spacial score (nSPS) is 15.5. The van der Waals surface area contributed by atoms with Crippen LogP contribution in [-0.2, 0) is 14.8 Å². The molecule has 34 heavy (non-hydrogen) atoms. The summed E-state index contributed by atoms with van der Waals surface area (Å²) in [6.07, 6.45) is 3.10. The molecule has 12 heteroatoms. The number of rotatable bonds is 6. The van der Waals surface area contributed by atoms with E-state index < -0.39 is 10.0 Å². The molecule has 1 aliphatic heterocycles. The van der Waals surface area contributed by atoms with Gasteiger partial charge >= 0.3 is 0 Å². The van der Waals surface area contributed by atoms with Crippen LogP contribution in [-0.4, -0.2) is 69.9 Å². The third-order valence-corrected chi connectivity index (χ3v) is 8.66. The Morgan fingerprint density at radius 3 is 2.47 bits per heavy atom. The Kier molecular flexibility index (Phi) is 6.09. The lowest BCUT2D eigenvalue weighted by molar-refractivity contribution is -0.126. The van der Waals surface area contributed by atoms with Crippen molar-refractivity contribution in [2.75, 3.05) is 26.2 Å². The van der Waals surface area contributed by atoms with E-state index >= 15 is 0 Å². The molecule has 1 fully saturated rings. The fourth-order valence-corrected chi connectivity index (χ4v) is 6.24. The summed E-state index contributed by atoms with van der Waals surface area (Å²) in [5.41, 5.74) is 0.950. The highest BCUT2D eigenvalue weighted by Gasteiger charge is 2.32. The molecule has 0 N–H and O–H groups in total. The molecule has 5 rings (SSSR count). The molecule has 174 valence electrons. The lowest BCUT2D eigenvalue weighted by Crippen LogP contribution is -2.50. The van der Waals surface area contributed by atoms with Gasteiger partial charge in [0.15, 0.2) is 5.82 Å². The predicted molar refractivity (Wildman–Crippen MR) is 126 cm³/mol. The maximum absolute atomic E-state index is 13.6. The molecule has 0 atom stereocenters. The average Bonchev–Trinajstić information content (AvgIpc) is 3.65. The number of carbonyl (C=O) groups is 1. The van der Waals surface area contributed by atoms with Crippen molar-refractivity contribution in [3.8, 4) is 11.4 Å². The smallest absolute Gasteiger partial charge is 0.272 e. The summed E-state index contributed by atoms with van der Waals surface area (Å²) >= 11 is 1.18. The largest absolute Gasteiger partial charge is 0.465 e. The first-order chi connectivity index (χ1) is 16.5. The van der Waals surface area contributed by atoms with Crippen LogP contribution in [0.3, 0.4) is 0 Å². The molecule has 1 saturated heterocycles. The maximum Gasteiger partial charge on any atom is 0.272 e. The quantitative estimate of drug-likeness (QED) is 0.377. The zero-order chi connectivity index (χ0) is 23.5. The summed E-state index contributed by atoms with van der Waals surface area (Å²) in [6.45, 7) is 0.867. The van der Waals surface area contributed by atoms with E-state index in [0.29, 0.717) is 15.8 Å². The van der Waals surface area contributed by atoms with Gasteiger partial charge in [0.2, 0.25) is 0 Å². The first-order valence-corrected chi connectivity index (χ1v) is 12.8. The number of sulfonamides is 1. The van der Waals surface area contributed by atoms with Gasteiger partial charge in [0, 0.05) is 37.8 Å². The van der Waals surface area contributed by atoms with Crippen LogP contribution in [0.1, 0.15) is 5.76 Å². The number of piperazine rings is 1. The van der Waals surface area contributed by atoms with E-state index in [2.05, 4.69) is 15.5 Å². The number of hydrogen-bond acceptors (Lipinski definition) is 8. The van der Waals surface area contributed by atoms with Crippen LogP contribution in [0.2, 0.25) is 0 Å². The van der Waals surface area contributed by atoms with Gasteiger partial charge in [-0.3, -0.25) is 4.79 Å². The lowest BCUT2D eigenvalue weighted by atomic mass is 10.2. The lowest BCUT2D eigenvalue weighted by Gasteiger charge is -2.34. The average molecular weight is 497 g/mol. The van der Waals surface area contributed by atoms with Crippen LogP contribution in [0, 0.1) is 0 Å². The Morgan fingerprint density at radius 1 is 1.00 bits per heavy atom. The Morgan fingerprint density at radius 2 is 1.79 bits per heavy atom. The minimum atomic E-state index is -3.57. The highest BCUT2D eigenvalue weighted by molar-refractivity contribution is 7.91. The summed E-state index contributed by atoms with van der Waals surface area (Å²) in [7, 11) is -3.57. The summed E-state index contributed by atoms with van der Waals surface area (Å²) in [5, 5.41) is 13.7. The Hall–Kier alpha value is -3.61. The third kappa shape index (κ3) is 4.30. The van der Waals surface area contributed by atoms with Crippen LogP contribution < -0.4 is 0 Å². The molecular weight excluding hydrogens is 476 g/mol. The molecular formula is C22H20N6O4S2. The van der Waals surface area contributed by atoms with E-state index in [4.69, 9.17) is 4.42 Å². The first-order valence-electron chi connectivity index (χ1n) is 10.5.